The van der Waals surface area contributed by atoms with E-state index >= 15 is 0 Å². The molecule has 9 heteroatoms. The molecule has 0 bridgehead atoms. The van der Waals surface area contributed by atoms with Crippen LogP contribution < -0.4 is 16.2 Å². The first-order valence-electron chi connectivity index (χ1n) is 9.32. The van der Waals surface area contributed by atoms with Crippen LogP contribution >= 0.6 is 35.5 Å². The minimum Gasteiger partial charge on any atom is -0.353 e. The number of thiophene rings is 1. The highest BCUT2D eigenvalue weighted by Crippen LogP contribution is 2.34. The van der Waals surface area contributed by atoms with Gasteiger partial charge in [0, 0.05) is 23.1 Å². The van der Waals surface area contributed by atoms with Crippen molar-refractivity contribution in [1.29, 1.82) is 0 Å². The number of hydrogen-bond acceptors (Lipinski definition) is 6. The Kier molecular flexibility index (Phi) is 7.19. The fourth-order valence-electron chi connectivity index (χ4n) is 3.72. The van der Waals surface area contributed by atoms with E-state index in [1.807, 2.05) is 0 Å². The molecule has 0 saturated carbocycles. The molecular weight excluding hydrogens is 404 g/mol. The first kappa shape index (κ1) is 20.6. The van der Waals surface area contributed by atoms with Crippen molar-refractivity contribution in [2.75, 3.05) is 18.8 Å². The van der Waals surface area contributed by atoms with Gasteiger partial charge in [0.2, 0.25) is 5.91 Å². The minimum absolute atomic E-state index is 0. The molecule has 3 N–H and O–H groups in total. The second-order valence-corrected chi connectivity index (χ2v) is 9.13. The summed E-state index contributed by atoms with van der Waals surface area (Å²) in [6.45, 7) is 1.96. The third-order valence-electron chi connectivity index (χ3n) is 5.04. The van der Waals surface area contributed by atoms with Gasteiger partial charge in [-0.3, -0.25) is 9.59 Å². The van der Waals surface area contributed by atoms with Crippen LogP contribution in [0.3, 0.4) is 0 Å². The molecule has 148 valence electrons. The summed E-state index contributed by atoms with van der Waals surface area (Å²) in [5, 5.41) is 7.21. The molecule has 1 saturated heterocycles. The smallest absolute Gasteiger partial charge is 0.259 e. The summed E-state index contributed by atoms with van der Waals surface area (Å²) in [5.41, 5.74) is 1.21. The second kappa shape index (κ2) is 9.41. The Bertz CT molecular complexity index is 861. The van der Waals surface area contributed by atoms with Gasteiger partial charge in [-0.15, -0.1) is 23.7 Å². The molecule has 1 amide bonds. The van der Waals surface area contributed by atoms with Crippen LogP contribution in [0.1, 0.15) is 41.9 Å². The van der Waals surface area contributed by atoms with Crippen LogP contribution in [0.4, 0.5) is 0 Å². The number of nitrogens with zero attached hydrogens (tertiary/aromatic N) is 1. The summed E-state index contributed by atoms with van der Waals surface area (Å²) >= 11 is 3.31. The lowest BCUT2D eigenvalue weighted by Crippen LogP contribution is -2.42. The molecule has 2 aliphatic rings. The van der Waals surface area contributed by atoms with Gasteiger partial charge < -0.3 is 15.6 Å². The van der Waals surface area contributed by atoms with Crippen LogP contribution in [0, 0.1) is 0 Å². The quantitative estimate of drug-likeness (QED) is 0.615. The van der Waals surface area contributed by atoms with E-state index in [9.17, 15) is 9.59 Å². The highest BCUT2D eigenvalue weighted by molar-refractivity contribution is 7.98. The number of rotatable bonds is 6. The number of aryl methyl sites for hydroxylation is 2. The molecule has 0 aromatic carbocycles. The number of thioether (sulfide) groups is 1. The average Bonchev–Trinajstić information content (AvgIpc) is 3.20. The summed E-state index contributed by atoms with van der Waals surface area (Å²) in [5.74, 6) is 2.20. The van der Waals surface area contributed by atoms with E-state index < -0.39 is 0 Å². The number of piperidine rings is 1. The molecular formula is C18H25ClN4O2S2. The van der Waals surface area contributed by atoms with Crippen molar-refractivity contribution in [1.82, 2.24) is 20.6 Å². The summed E-state index contributed by atoms with van der Waals surface area (Å²) in [6, 6.07) is 0.315. The third kappa shape index (κ3) is 4.85. The fourth-order valence-corrected chi connectivity index (χ4v) is 5.80. The number of carbonyl (C=O) groups excluding carboxylic acids is 1. The molecule has 1 aliphatic carbocycles. The molecule has 0 spiro atoms. The maximum Gasteiger partial charge on any atom is 0.259 e. The first-order valence-corrected chi connectivity index (χ1v) is 11.3. The molecule has 2 aromatic rings. The van der Waals surface area contributed by atoms with Gasteiger partial charge in [0.25, 0.3) is 5.56 Å². The Balaban J connectivity index is 0.00000210. The zero-order chi connectivity index (χ0) is 17.9. The normalized spacial score (nSPS) is 16.9. The fraction of sp³-hybridized carbons (Fsp3) is 0.611. The van der Waals surface area contributed by atoms with Crippen molar-refractivity contribution < 1.29 is 4.79 Å². The molecule has 1 aliphatic heterocycles. The number of carbonyl (C=O) groups is 1. The molecule has 4 rings (SSSR count). The van der Waals surface area contributed by atoms with Crippen LogP contribution in [-0.2, 0) is 23.4 Å². The van der Waals surface area contributed by atoms with Crippen molar-refractivity contribution in [3.8, 4) is 0 Å². The highest BCUT2D eigenvalue weighted by atomic mass is 35.5. The van der Waals surface area contributed by atoms with Gasteiger partial charge in [-0.1, -0.05) is 0 Å². The first-order chi connectivity index (χ1) is 12.7. The summed E-state index contributed by atoms with van der Waals surface area (Å²) in [6.07, 6.45) is 5.75. The van der Waals surface area contributed by atoms with Crippen molar-refractivity contribution in [3.05, 3.63) is 26.6 Å². The number of amides is 1. The Morgan fingerprint density at radius 1 is 1.30 bits per heavy atom. The van der Waals surface area contributed by atoms with E-state index in [4.69, 9.17) is 0 Å². The largest absolute Gasteiger partial charge is 0.353 e. The molecule has 0 unspecified atom stereocenters. The number of hydrogen-bond donors (Lipinski definition) is 3. The lowest BCUT2D eigenvalue weighted by Gasteiger charge is -2.23. The van der Waals surface area contributed by atoms with Crippen molar-refractivity contribution in [3.63, 3.8) is 0 Å². The van der Waals surface area contributed by atoms with Crippen molar-refractivity contribution >= 4 is 51.6 Å². The maximum atomic E-state index is 12.4. The van der Waals surface area contributed by atoms with Gasteiger partial charge >= 0.3 is 0 Å². The van der Waals surface area contributed by atoms with Crippen LogP contribution in [0.5, 0.6) is 0 Å². The van der Waals surface area contributed by atoms with Gasteiger partial charge in [0.1, 0.15) is 10.7 Å². The van der Waals surface area contributed by atoms with Crippen LogP contribution in [0.2, 0.25) is 0 Å². The molecule has 2 aromatic heterocycles. The molecule has 6 nitrogen and oxygen atoms in total. The SMILES string of the molecule is Cl.O=C(CCSCc1nc2sc3c(c2c(=O)[nH]1)CCC3)NC1CCNCC1. The van der Waals surface area contributed by atoms with E-state index in [1.165, 1.54) is 10.4 Å². The van der Waals surface area contributed by atoms with E-state index in [0.717, 1.165) is 61.2 Å². The van der Waals surface area contributed by atoms with Gasteiger partial charge in [0.15, 0.2) is 0 Å². The number of H-pyrrole nitrogens is 1. The van der Waals surface area contributed by atoms with Crippen LogP contribution in [0.25, 0.3) is 10.2 Å². The topological polar surface area (TPSA) is 86.9 Å². The second-order valence-electron chi connectivity index (χ2n) is 6.94. The standard InChI is InChI=1S/C18H24N4O2S2.ClH/c23-15(20-11-4-7-19-8-5-11)6-9-25-10-14-21-17(24)16-12-2-1-3-13(12)26-18(16)22-14;/h11,19H,1-10H2,(H,20,23)(H,21,22,24);1H. The summed E-state index contributed by atoms with van der Waals surface area (Å²) < 4.78 is 0. The van der Waals surface area contributed by atoms with Gasteiger partial charge in [-0.2, -0.15) is 11.8 Å². The van der Waals surface area contributed by atoms with Crippen molar-refractivity contribution in [2.45, 2.75) is 50.3 Å². The van der Waals surface area contributed by atoms with E-state index in [-0.39, 0.29) is 23.9 Å². The highest BCUT2D eigenvalue weighted by Gasteiger charge is 2.21. The zero-order valence-electron chi connectivity index (χ0n) is 15.1. The van der Waals surface area contributed by atoms with Gasteiger partial charge in [0.05, 0.1) is 11.1 Å². The molecule has 3 heterocycles. The Morgan fingerprint density at radius 2 is 2.11 bits per heavy atom. The van der Waals surface area contributed by atoms with Gasteiger partial charge in [-0.25, -0.2) is 4.98 Å². The predicted octanol–water partition coefficient (Wildman–Crippen LogP) is 2.39. The lowest BCUT2D eigenvalue weighted by atomic mass is 10.1. The maximum absolute atomic E-state index is 12.4. The summed E-state index contributed by atoms with van der Waals surface area (Å²) in [7, 11) is 0. The minimum atomic E-state index is -0.00588. The number of aromatic nitrogens is 2. The number of halogens is 1. The summed E-state index contributed by atoms with van der Waals surface area (Å²) in [4.78, 5) is 34.2. The predicted molar refractivity (Wildman–Crippen MR) is 114 cm³/mol. The molecule has 0 atom stereocenters. The number of nitrogens with one attached hydrogen (secondary N) is 3. The molecule has 0 radical (unpaired) electrons. The monoisotopic (exact) mass is 428 g/mol. The Hall–Kier alpha value is -1.09. The van der Waals surface area contributed by atoms with E-state index in [0.29, 0.717) is 24.0 Å². The average molecular weight is 429 g/mol. The number of aromatic amines is 1. The molecule has 1 fully saturated rings. The lowest BCUT2D eigenvalue weighted by molar-refractivity contribution is -0.121. The van der Waals surface area contributed by atoms with Crippen LogP contribution in [-0.4, -0.2) is 40.8 Å². The van der Waals surface area contributed by atoms with E-state index in [1.54, 1.807) is 23.1 Å². The zero-order valence-corrected chi connectivity index (χ0v) is 17.6. The van der Waals surface area contributed by atoms with Crippen LogP contribution in [0.15, 0.2) is 4.79 Å². The van der Waals surface area contributed by atoms with E-state index in [2.05, 4.69) is 20.6 Å². The Morgan fingerprint density at radius 3 is 2.93 bits per heavy atom. The number of fused-ring (bicyclic) bond motifs is 3. The van der Waals surface area contributed by atoms with Gasteiger partial charge in [-0.05, 0) is 50.8 Å². The van der Waals surface area contributed by atoms with Crippen molar-refractivity contribution in [2.24, 2.45) is 0 Å². The third-order valence-corrected chi connectivity index (χ3v) is 7.20. The molecule has 27 heavy (non-hydrogen) atoms. The Labute approximate surface area is 172 Å².